The van der Waals surface area contributed by atoms with Crippen LogP contribution in [0.2, 0.25) is 24.7 Å². The molecule has 8 heteroatoms. The molecule has 1 aromatic carbocycles. The minimum absolute atomic E-state index is 0.0912. The normalized spacial score (nSPS) is 18.7. The second-order valence-electron chi connectivity index (χ2n) is 10.9. The Bertz CT molecular complexity index is 1060. The Balaban J connectivity index is 1.56. The molecule has 7 nitrogen and oxygen atoms in total. The summed E-state index contributed by atoms with van der Waals surface area (Å²) >= 11 is 0. The maximum atomic E-state index is 13.3. The lowest BCUT2D eigenvalue weighted by Crippen LogP contribution is -2.52. The lowest BCUT2D eigenvalue weighted by molar-refractivity contribution is -0.121. The highest BCUT2D eigenvalue weighted by Gasteiger charge is 2.54. The fraction of sp³-hybridized carbons (Fsp3) is 0.542. The van der Waals surface area contributed by atoms with Crippen molar-refractivity contribution in [1.82, 2.24) is 15.1 Å². The molecular formula is C24H35N5O2Si. The smallest absolute Gasteiger partial charge is 0.309 e. The number of nitrogens with zero attached hydrogens (tertiary/aromatic N) is 2. The summed E-state index contributed by atoms with van der Waals surface area (Å²) in [4.78, 5) is 28.4. The van der Waals surface area contributed by atoms with Crippen molar-refractivity contribution in [3.8, 4) is 0 Å². The summed E-state index contributed by atoms with van der Waals surface area (Å²) in [6.45, 7) is 15.2. The van der Waals surface area contributed by atoms with Crippen molar-refractivity contribution in [2.24, 2.45) is 0 Å². The van der Waals surface area contributed by atoms with Gasteiger partial charge < -0.3 is 15.5 Å². The fourth-order valence-electron chi connectivity index (χ4n) is 5.21. The summed E-state index contributed by atoms with van der Waals surface area (Å²) in [7, 11) is -1.68. The average Bonchev–Trinajstić information content (AvgIpc) is 3.14. The highest BCUT2D eigenvalue weighted by molar-refractivity contribution is 6.83. The van der Waals surface area contributed by atoms with Gasteiger partial charge in [0.05, 0.1) is 25.9 Å². The first kappa shape index (κ1) is 22.6. The predicted molar refractivity (Wildman–Crippen MR) is 131 cm³/mol. The van der Waals surface area contributed by atoms with Crippen LogP contribution in [0, 0.1) is 13.8 Å². The number of aromatic nitrogens is 2. The van der Waals surface area contributed by atoms with E-state index in [4.69, 9.17) is 0 Å². The predicted octanol–water partition coefficient (Wildman–Crippen LogP) is 5.51. The van der Waals surface area contributed by atoms with Gasteiger partial charge in [-0.25, -0.2) is 4.79 Å². The second-order valence-corrected chi connectivity index (χ2v) is 16.4. The van der Waals surface area contributed by atoms with Crippen LogP contribution in [0.5, 0.6) is 0 Å². The molecule has 0 atom stereocenters. The number of anilines is 2. The summed E-state index contributed by atoms with van der Waals surface area (Å²) in [6, 6.07) is 5.81. The maximum absolute atomic E-state index is 13.3. The fourth-order valence-corrected chi connectivity index (χ4v) is 7.80. The van der Waals surface area contributed by atoms with E-state index in [9.17, 15) is 9.59 Å². The number of carbonyl (C=O) groups is 2. The number of hydrogen-bond donors (Lipinski definition) is 3. The molecule has 1 aromatic heterocycles. The molecule has 3 N–H and O–H groups in total. The van der Waals surface area contributed by atoms with Gasteiger partial charge in [0.25, 0.3) is 0 Å². The van der Waals surface area contributed by atoms with E-state index in [0.717, 1.165) is 47.3 Å². The summed E-state index contributed by atoms with van der Waals surface area (Å²) in [5.74, 6) is 0.651. The Morgan fingerprint density at radius 2 is 1.72 bits per heavy atom. The van der Waals surface area contributed by atoms with Gasteiger partial charge in [-0.15, -0.1) is 0 Å². The summed E-state index contributed by atoms with van der Waals surface area (Å²) < 4.78 is 0. The van der Waals surface area contributed by atoms with Crippen LogP contribution in [0.15, 0.2) is 18.2 Å². The van der Waals surface area contributed by atoms with Crippen LogP contribution in [-0.4, -0.2) is 35.1 Å². The molecule has 4 rings (SSSR count). The molecule has 1 fully saturated rings. The number of fused-ring (bicyclic) bond motifs is 1. The largest absolute Gasteiger partial charge is 0.322 e. The van der Waals surface area contributed by atoms with Gasteiger partial charge in [-0.1, -0.05) is 44.3 Å². The number of amides is 3. The lowest BCUT2D eigenvalue weighted by atomic mass is 9.83. The van der Waals surface area contributed by atoms with E-state index < -0.39 is 13.6 Å². The number of urea groups is 1. The molecule has 1 aliphatic carbocycles. The first-order valence-corrected chi connectivity index (χ1v) is 14.9. The number of para-hydroxylation sites is 1. The van der Waals surface area contributed by atoms with E-state index in [1.54, 1.807) is 4.90 Å². The monoisotopic (exact) mass is 453 g/mol. The summed E-state index contributed by atoms with van der Waals surface area (Å²) in [6.07, 6.45) is 3.02. The molecule has 2 heterocycles. The first-order valence-electron chi connectivity index (χ1n) is 11.4. The highest BCUT2D eigenvalue weighted by atomic mass is 28.3. The van der Waals surface area contributed by atoms with Gasteiger partial charge in [0.1, 0.15) is 0 Å². The molecule has 1 saturated carbocycles. The van der Waals surface area contributed by atoms with Crippen molar-refractivity contribution >= 4 is 31.5 Å². The Kier molecular flexibility index (Phi) is 5.27. The number of carbonyl (C=O) groups excluding carboxylic acids is 2. The van der Waals surface area contributed by atoms with Crippen LogP contribution < -0.4 is 10.6 Å². The van der Waals surface area contributed by atoms with E-state index >= 15 is 0 Å². The van der Waals surface area contributed by atoms with Crippen LogP contribution in [0.4, 0.5) is 16.3 Å². The van der Waals surface area contributed by atoms with E-state index in [1.807, 2.05) is 45.9 Å². The molecule has 32 heavy (non-hydrogen) atoms. The number of aryl methyl sites for hydroxylation is 2. The van der Waals surface area contributed by atoms with Gasteiger partial charge in [-0.2, -0.15) is 5.10 Å². The molecule has 3 amide bonds. The van der Waals surface area contributed by atoms with E-state index in [2.05, 4.69) is 40.5 Å². The van der Waals surface area contributed by atoms with Crippen molar-refractivity contribution in [1.29, 1.82) is 0 Å². The standard InChI is InChI=1S/C24H35N5O2Si/c1-15-10-8-11-16(2)18(15)25-22(31)29-14-17-19(23(29,3)4)27-28-20(17)26-21(30)24(12-9-13-24)32(5,6)7/h8,10-11H,9,12-14H2,1-7H3,(H,25,31)(H2,26,27,28,30). The Morgan fingerprint density at radius 3 is 2.25 bits per heavy atom. The molecular weight excluding hydrogens is 418 g/mol. The topological polar surface area (TPSA) is 90.1 Å². The highest BCUT2D eigenvalue weighted by Crippen LogP contribution is 2.56. The van der Waals surface area contributed by atoms with E-state index in [0.29, 0.717) is 12.4 Å². The Morgan fingerprint density at radius 1 is 1.09 bits per heavy atom. The van der Waals surface area contributed by atoms with Gasteiger partial charge >= 0.3 is 6.03 Å². The number of H-pyrrole nitrogens is 1. The quantitative estimate of drug-likeness (QED) is 0.533. The van der Waals surface area contributed by atoms with Crippen LogP contribution in [0.3, 0.4) is 0 Å². The van der Waals surface area contributed by atoms with Crippen LogP contribution in [-0.2, 0) is 16.9 Å². The zero-order chi connectivity index (χ0) is 23.5. The van der Waals surface area contributed by atoms with Crippen molar-refractivity contribution in [2.75, 3.05) is 10.6 Å². The third kappa shape index (κ3) is 3.36. The van der Waals surface area contributed by atoms with Crippen molar-refractivity contribution in [3.63, 3.8) is 0 Å². The molecule has 1 aliphatic heterocycles. The maximum Gasteiger partial charge on any atom is 0.322 e. The van der Waals surface area contributed by atoms with Crippen LogP contribution in [0.1, 0.15) is 55.5 Å². The zero-order valence-electron chi connectivity index (χ0n) is 20.3. The number of benzene rings is 1. The minimum atomic E-state index is -1.68. The molecule has 0 saturated heterocycles. The molecule has 0 unspecified atom stereocenters. The van der Waals surface area contributed by atoms with Gasteiger partial charge in [-0.3, -0.25) is 9.89 Å². The van der Waals surface area contributed by atoms with Crippen LogP contribution >= 0.6 is 0 Å². The Labute approximate surface area is 191 Å². The SMILES string of the molecule is Cc1cccc(C)c1NC(=O)N1Cc2c(NC(=O)C3([Si](C)(C)C)CCC3)n[nH]c2C1(C)C. The van der Waals surface area contributed by atoms with E-state index in [-0.39, 0.29) is 17.0 Å². The average molecular weight is 454 g/mol. The zero-order valence-corrected chi connectivity index (χ0v) is 21.3. The Hall–Kier alpha value is -2.61. The molecule has 2 aromatic rings. The summed E-state index contributed by atoms with van der Waals surface area (Å²) in [5.41, 5.74) is 4.10. The third-order valence-corrected chi connectivity index (χ3v) is 11.3. The molecule has 0 bridgehead atoms. The molecule has 172 valence electrons. The number of nitrogens with one attached hydrogen (secondary N) is 3. The van der Waals surface area contributed by atoms with Gasteiger partial charge in [0.15, 0.2) is 5.82 Å². The van der Waals surface area contributed by atoms with Gasteiger partial charge in [0.2, 0.25) is 5.91 Å². The lowest BCUT2D eigenvalue weighted by Gasteiger charge is -2.48. The third-order valence-electron chi connectivity index (χ3n) is 7.74. The van der Waals surface area contributed by atoms with Crippen molar-refractivity contribution in [2.45, 2.75) is 83.7 Å². The van der Waals surface area contributed by atoms with Gasteiger partial charge in [0, 0.05) is 16.3 Å². The van der Waals surface area contributed by atoms with E-state index in [1.165, 1.54) is 0 Å². The molecule has 0 radical (unpaired) electrons. The molecule has 2 aliphatic rings. The second kappa shape index (κ2) is 7.47. The van der Waals surface area contributed by atoms with Crippen molar-refractivity contribution in [3.05, 3.63) is 40.6 Å². The minimum Gasteiger partial charge on any atom is -0.309 e. The van der Waals surface area contributed by atoms with Gasteiger partial charge in [-0.05, 0) is 51.7 Å². The number of rotatable bonds is 4. The first-order chi connectivity index (χ1) is 14.9. The number of hydrogen-bond acceptors (Lipinski definition) is 3. The van der Waals surface area contributed by atoms with Crippen LogP contribution in [0.25, 0.3) is 0 Å². The number of aromatic amines is 1. The molecule has 0 spiro atoms. The summed E-state index contributed by atoms with van der Waals surface area (Å²) in [5, 5.41) is 13.5. The van der Waals surface area contributed by atoms with Crippen molar-refractivity contribution < 1.29 is 9.59 Å².